The fourth-order valence-corrected chi connectivity index (χ4v) is 2.93. The molecule has 0 aliphatic rings. The number of furan rings is 1. The first kappa shape index (κ1) is 11.8. The Bertz CT molecular complexity index is 1150. The first-order chi connectivity index (χ1) is 12.6. The predicted molar refractivity (Wildman–Crippen MR) is 98.2 cm³/mol. The molecule has 0 saturated heterocycles. The number of aromatic nitrogens is 2. The van der Waals surface area contributed by atoms with E-state index < -0.39 is 6.85 Å². The van der Waals surface area contributed by atoms with Crippen LogP contribution in [0.15, 0.2) is 53.1 Å². The summed E-state index contributed by atoms with van der Waals surface area (Å²) >= 11 is 0. The van der Waals surface area contributed by atoms with Crippen molar-refractivity contribution in [1.82, 2.24) is 9.97 Å². The summed E-state index contributed by atoms with van der Waals surface area (Å²) in [6.45, 7) is 4.22. The van der Waals surface area contributed by atoms with Crippen LogP contribution in [0, 0.1) is 6.85 Å². The lowest BCUT2D eigenvalue weighted by molar-refractivity contribution is 0.589. The molecule has 0 radical (unpaired) electrons. The summed E-state index contributed by atoms with van der Waals surface area (Å²) in [6.07, 6.45) is 1.81. The van der Waals surface area contributed by atoms with Crippen LogP contribution in [0.2, 0.25) is 0 Å². The number of rotatable bonds is 1. The number of aryl methyl sites for hydroxylation is 1. The van der Waals surface area contributed by atoms with E-state index in [0.29, 0.717) is 11.3 Å². The maximum Gasteiger partial charge on any atom is 0.227 e. The Labute approximate surface area is 145 Å². The lowest BCUT2D eigenvalue weighted by Gasteiger charge is -2.19. The second kappa shape index (κ2) is 5.17. The molecular weight excluding hydrogens is 296 g/mol. The molecule has 3 aromatic heterocycles. The smallest absolute Gasteiger partial charge is 0.227 e. The zero-order valence-corrected chi connectivity index (χ0v) is 13.9. The molecule has 4 rings (SSSR count). The van der Waals surface area contributed by atoms with E-state index in [0.717, 1.165) is 22.0 Å². The highest BCUT2D eigenvalue weighted by Gasteiger charge is 2.17. The highest BCUT2D eigenvalue weighted by Crippen LogP contribution is 2.35. The van der Waals surface area contributed by atoms with Crippen LogP contribution in [0.3, 0.4) is 0 Å². The van der Waals surface area contributed by atoms with Crippen molar-refractivity contribution in [2.24, 2.45) is 0 Å². The van der Waals surface area contributed by atoms with Gasteiger partial charge in [0.15, 0.2) is 0 Å². The first-order valence-corrected chi connectivity index (χ1v) is 7.94. The van der Waals surface area contributed by atoms with Crippen LogP contribution in [0.25, 0.3) is 33.3 Å². The maximum absolute atomic E-state index is 7.56. The van der Waals surface area contributed by atoms with Crippen molar-refractivity contribution in [3.8, 4) is 11.3 Å². The van der Waals surface area contributed by atoms with Gasteiger partial charge in [0.25, 0.3) is 0 Å². The Morgan fingerprint density at radius 3 is 2.71 bits per heavy atom. The van der Waals surface area contributed by atoms with Gasteiger partial charge in [-0.15, -0.1) is 0 Å². The average molecular weight is 319 g/mol. The van der Waals surface area contributed by atoms with Crippen molar-refractivity contribution in [3.63, 3.8) is 0 Å². The van der Waals surface area contributed by atoms with Gasteiger partial charge in [-0.25, -0.2) is 4.98 Å². The fourth-order valence-electron chi connectivity index (χ4n) is 2.93. The summed E-state index contributed by atoms with van der Waals surface area (Å²) in [7, 11) is 0. The summed E-state index contributed by atoms with van der Waals surface area (Å²) in [4.78, 5) is 8.76. The van der Waals surface area contributed by atoms with Crippen molar-refractivity contribution in [2.45, 2.75) is 33.0 Å². The standard InChI is InChI=1S/C21H20N2O/c1-13-8-9-16-15-6-5-7-17(19(15)24-20(16)23-13)18-12-14(10-11-22-18)21(2,3)4/h5-12H,1-4H3/i1D3. The molecule has 0 N–H and O–H groups in total. The van der Waals surface area contributed by atoms with E-state index in [1.165, 1.54) is 11.6 Å². The molecule has 0 saturated carbocycles. The number of para-hydroxylation sites is 1. The minimum absolute atomic E-state index is 0.00955. The molecule has 0 spiro atoms. The molecule has 3 heterocycles. The average Bonchev–Trinajstić information content (AvgIpc) is 2.98. The molecule has 0 amide bonds. The molecule has 3 heteroatoms. The minimum Gasteiger partial charge on any atom is -0.437 e. The van der Waals surface area contributed by atoms with Crippen molar-refractivity contribution in [3.05, 3.63) is 59.9 Å². The van der Waals surface area contributed by atoms with Crippen LogP contribution in [0.1, 0.15) is 36.1 Å². The van der Waals surface area contributed by atoms with Gasteiger partial charge < -0.3 is 4.42 Å². The van der Waals surface area contributed by atoms with E-state index in [1.807, 2.05) is 30.5 Å². The molecule has 0 fully saturated rings. The lowest BCUT2D eigenvalue weighted by atomic mass is 9.87. The fraction of sp³-hybridized carbons (Fsp3) is 0.238. The third kappa shape index (κ3) is 2.37. The molecular formula is C21H20N2O. The Hall–Kier alpha value is -2.68. The monoisotopic (exact) mass is 319 g/mol. The van der Waals surface area contributed by atoms with E-state index in [-0.39, 0.29) is 11.1 Å². The molecule has 0 atom stereocenters. The van der Waals surface area contributed by atoms with Gasteiger partial charge in [0.2, 0.25) is 5.71 Å². The van der Waals surface area contributed by atoms with Gasteiger partial charge in [-0.1, -0.05) is 32.9 Å². The molecule has 4 aromatic rings. The third-order valence-corrected chi connectivity index (χ3v) is 4.27. The highest BCUT2D eigenvalue weighted by atomic mass is 16.3. The topological polar surface area (TPSA) is 38.9 Å². The summed E-state index contributed by atoms with van der Waals surface area (Å²) < 4.78 is 28.7. The van der Waals surface area contributed by atoms with Crippen LogP contribution < -0.4 is 0 Å². The Morgan fingerprint density at radius 1 is 1.04 bits per heavy atom. The quantitative estimate of drug-likeness (QED) is 0.455. The summed E-state index contributed by atoms with van der Waals surface area (Å²) in [5, 5.41) is 1.70. The normalized spacial score (nSPS) is 14.5. The summed E-state index contributed by atoms with van der Waals surface area (Å²) in [5.41, 5.74) is 3.91. The SMILES string of the molecule is [2H]C([2H])([2H])c1ccc2c(n1)oc1c(-c3cc(C(C)(C)C)ccn3)cccc12. The third-order valence-electron chi connectivity index (χ3n) is 4.27. The summed E-state index contributed by atoms with van der Waals surface area (Å²) in [6, 6.07) is 13.3. The number of hydrogen-bond donors (Lipinski definition) is 0. The van der Waals surface area contributed by atoms with E-state index in [9.17, 15) is 0 Å². The molecule has 120 valence electrons. The molecule has 0 aliphatic carbocycles. The van der Waals surface area contributed by atoms with Crippen LogP contribution in [0.4, 0.5) is 0 Å². The largest absolute Gasteiger partial charge is 0.437 e. The van der Waals surface area contributed by atoms with Crippen molar-refractivity contribution < 1.29 is 8.53 Å². The van der Waals surface area contributed by atoms with Gasteiger partial charge >= 0.3 is 0 Å². The number of fused-ring (bicyclic) bond motifs is 3. The van der Waals surface area contributed by atoms with Gasteiger partial charge in [-0.3, -0.25) is 4.98 Å². The van der Waals surface area contributed by atoms with E-state index in [1.54, 1.807) is 6.07 Å². The van der Waals surface area contributed by atoms with Gasteiger partial charge in [-0.05, 0) is 48.2 Å². The lowest BCUT2D eigenvalue weighted by Crippen LogP contribution is -2.11. The van der Waals surface area contributed by atoms with E-state index in [4.69, 9.17) is 8.53 Å². The predicted octanol–water partition coefficient (Wildman–Crippen LogP) is 5.65. The number of benzene rings is 1. The Morgan fingerprint density at radius 2 is 1.92 bits per heavy atom. The molecule has 1 aromatic carbocycles. The molecule has 24 heavy (non-hydrogen) atoms. The zero-order chi connectivity index (χ0) is 19.4. The summed E-state index contributed by atoms with van der Waals surface area (Å²) in [5.74, 6) is 0. The molecule has 0 bridgehead atoms. The van der Waals surface area contributed by atoms with Crippen LogP contribution >= 0.6 is 0 Å². The maximum atomic E-state index is 7.56. The Balaban J connectivity index is 1.95. The Kier molecular flexibility index (Phi) is 2.54. The van der Waals surface area contributed by atoms with Crippen LogP contribution in [-0.4, -0.2) is 9.97 Å². The highest BCUT2D eigenvalue weighted by molar-refractivity contribution is 6.08. The molecule has 0 aliphatic heterocycles. The van der Waals surface area contributed by atoms with Gasteiger partial charge in [0.1, 0.15) is 5.58 Å². The number of pyridine rings is 2. The molecule has 3 nitrogen and oxygen atoms in total. The van der Waals surface area contributed by atoms with Crippen LogP contribution in [-0.2, 0) is 5.41 Å². The van der Waals surface area contributed by atoms with Crippen molar-refractivity contribution >= 4 is 22.1 Å². The first-order valence-electron chi connectivity index (χ1n) is 9.44. The van der Waals surface area contributed by atoms with E-state index >= 15 is 0 Å². The second-order valence-electron chi connectivity index (χ2n) is 7.01. The second-order valence-corrected chi connectivity index (χ2v) is 7.01. The number of nitrogens with zero attached hydrogens (tertiary/aromatic N) is 2. The van der Waals surface area contributed by atoms with Gasteiger partial charge in [-0.2, -0.15) is 0 Å². The van der Waals surface area contributed by atoms with Crippen molar-refractivity contribution in [1.29, 1.82) is 0 Å². The minimum atomic E-state index is -2.27. The van der Waals surface area contributed by atoms with Gasteiger partial charge in [0, 0.05) is 32.3 Å². The van der Waals surface area contributed by atoms with Crippen molar-refractivity contribution in [2.75, 3.05) is 0 Å². The zero-order valence-electron chi connectivity index (χ0n) is 16.9. The molecule has 0 unspecified atom stereocenters. The number of hydrogen-bond acceptors (Lipinski definition) is 3. The van der Waals surface area contributed by atoms with E-state index in [2.05, 4.69) is 36.8 Å². The van der Waals surface area contributed by atoms with Gasteiger partial charge in [0.05, 0.1) is 5.69 Å². The van der Waals surface area contributed by atoms with Crippen LogP contribution in [0.5, 0.6) is 0 Å².